The van der Waals surface area contributed by atoms with Crippen LogP contribution >= 0.6 is 12.2 Å². The third-order valence-electron chi connectivity index (χ3n) is 8.35. The molecule has 0 bridgehead atoms. The first-order valence-corrected chi connectivity index (χ1v) is 17.6. The molecule has 0 fully saturated rings. The quantitative estimate of drug-likeness (QED) is 0.0919. The van der Waals surface area contributed by atoms with Gasteiger partial charge in [-0.25, -0.2) is 12.4 Å². The van der Waals surface area contributed by atoms with Crippen molar-refractivity contribution in [1.29, 1.82) is 0 Å². The van der Waals surface area contributed by atoms with E-state index in [4.69, 9.17) is 12.2 Å². The SMILES string of the molecule is CN(C)CCN(C)CCNC(=O)c1cccn1S(=O)(=O)c1ccc(NNC(=S)NC2Cc3ccccc3Cc3ccccc32)c([N+](=O)[O-])c1. The van der Waals surface area contributed by atoms with Gasteiger partial charge in [-0.2, -0.15) is 0 Å². The minimum Gasteiger partial charge on any atom is -0.354 e. The molecule has 0 aliphatic heterocycles. The van der Waals surface area contributed by atoms with E-state index in [-0.39, 0.29) is 27.4 Å². The van der Waals surface area contributed by atoms with Crippen LogP contribution in [0.2, 0.25) is 0 Å². The molecule has 1 atom stereocenters. The van der Waals surface area contributed by atoms with E-state index in [2.05, 4.69) is 55.6 Å². The Morgan fingerprint density at radius 1 is 0.959 bits per heavy atom. The van der Waals surface area contributed by atoms with E-state index in [1.165, 1.54) is 47.2 Å². The number of thiocarbonyl (C=S) groups is 1. The minimum absolute atomic E-state index is 0.00331. The Bertz CT molecular complexity index is 1950. The number of hydrogen-bond donors (Lipinski definition) is 4. The van der Waals surface area contributed by atoms with Crippen molar-refractivity contribution in [3.8, 4) is 0 Å². The molecule has 13 nitrogen and oxygen atoms in total. The van der Waals surface area contributed by atoms with E-state index in [1.807, 2.05) is 45.4 Å². The second kappa shape index (κ2) is 15.6. The molecule has 1 unspecified atom stereocenters. The van der Waals surface area contributed by atoms with Gasteiger partial charge < -0.3 is 20.4 Å². The Morgan fingerprint density at radius 3 is 2.41 bits per heavy atom. The second-order valence-electron chi connectivity index (χ2n) is 12.1. The van der Waals surface area contributed by atoms with Crippen LogP contribution in [0.4, 0.5) is 11.4 Å². The number of carbonyl (C=O) groups excluding carboxylic acids is 1. The van der Waals surface area contributed by atoms with Crippen molar-refractivity contribution in [3.63, 3.8) is 0 Å². The topological polar surface area (TPSA) is 154 Å². The molecule has 4 N–H and O–H groups in total. The number of likely N-dealkylation sites (N-methyl/N-ethyl adjacent to an activating group) is 2. The number of anilines is 1. The maximum atomic E-state index is 13.6. The fourth-order valence-electron chi connectivity index (χ4n) is 5.67. The average molecular weight is 705 g/mol. The molecule has 15 heteroatoms. The molecule has 49 heavy (non-hydrogen) atoms. The maximum Gasteiger partial charge on any atom is 0.295 e. The molecule has 0 saturated heterocycles. The number of nitrogens with one attached hydrogen (secondary N) is 4. The molecule has 5 rings (SSSR count). The number of benzene rings is 3. The van der Waals surface area contributed by atoms with Gasteiger partial charge >= 0.3 is 0 Å². The summed E-state index contributed by atoms with van der Waals surface area (Å²) < 4.78 is 28.1. The number of nitro groups is 1. The Morgan fingerprint density at radius 2 is 1.67 bits per heavy atom. The zero-order chi connectivity index (χ0) is 35.1. The highest BCUT2D eigenvalue weighted by atomic mass is 32.2. The van der Waals surface area contributed by atoms with Crippen LogP contribution in [0, 0.1) is 10.1 Å². The molecule has 0 radical (unpaired) electrons. The van der Waals surface area contributed by atoms with E-state index in [1.54, 1.807) is 0 Å². The first-order chi connectivity index (χ1) is 23.4. The van der Waals surface area contributed by atoms with Gasteiger partial charge in [0.1, 0.15) is 11.4 Å². The van der Waals surface area contributed by atoms with Crippen molar-refractivity contribution >= 4 is 44.6 Å². The smallest absolute Gasteiger partial charge is 0.295 e. The van der Waals surface area contributed by atoms with Crippen molar-refractivity contribution in [2.45, 2.75) is 23.8 Å². The zero-order valence-electron chi connectivity index (χ0n) is 27.5. The molecular formula is C34H40N8O5S2. The van der Waals surface area contributed by atoms with Crippen molar-refractivity contribution in [3.05, 3.63) is 123 Å². The first kappa shape index (κ1) is 35.5. The predicted molar refractivity (Wildman–Crippen MR) is 193 cm³/mol. The van der Waals surface area contributed by atoms with Crippen molar-refractivity contribution in [1.82, 2.24) is 29.8 Å². The largest absolute Gasteiger partial charge is 0.354 e. The third kappa shape index (κ3) is 8.61. The van der Waals surface area contributed by atoms with E-state index < -0.39 is 26.5 Å². The molecule has 3 aromatic carbocycles. The first-order valence-electron chi connectivity index (χ1n) is 15.7. The molecule has 0 spiro atoms. The fourth-order valence-corrected chi connectivity index (χ4v) is 7.23. The number of hydrogen-bond acceptors (Lipinski definition) is 9. The van der Waals surface area contributed by atoms with Gasteiger partial charge in [0, 0.05) is 38.4 Å². The van der Waals surface area contributed by atoms with Crippen molar-refractivity contribution < 1.29 is 18.1 Å². The summed E-state index contributed by atoms with van der Waals surface area (Å²) in [5.74, 6) is -0.577. The Kier molecular flexibility index (Phi) is 11.3. The molecule has 1 aliphatic rings. The Labute approximate surface area is 291 Å². The number of aromatic nitrogens is 1. The van der Waals surface area contributed by atoms with Gasteiger partial charge in [-0.05, 0) is 92.7 Å². The molecule has 1 aromatic heterocycles. The highest BCUT2D eigenvalue weighted by molar-refractivity contribution is 7.90. The summed E-state index contributed by atoms with van der Waals surface area (Å²) in [6, 6.07) is 22.5. The number of amides is 1. The van der Waals surface area contributed by atoms with Gasteiger partial charge in [-0.15, -0.1) is 0 Å². The highest BCUT2D eigenvalue weighted by Gasteiger charge is 2.27. The number of nitro benzene ring substituents is 1. The van der Waals surface area contributed by atoms with Crippen LogP contribution in [0.15, 0.2) is 90.0 Å². The lowest BCUT2D eigenvalue weighted by molar-refractivity contribution is -0.384. The van der Waals surface area contributed by atoms with Gasteiger partial charge in [0.05, 0.1) is 15.9 Å². The van der Waals surface area contributed by atoms with Crippen LogP contribution in [-0.4, -0.2) is 85.5 Å². The molecule has 4 aromatic rings. The lowest BCUT2D eigenvalue weighted by Crippen LogP contribution is -2.41. The standard InChI is InChI=1S/C34H40N8O5S2/c1-39(2)19-20-40(3)18-16-35-33(43)31-13-8-17-41(31)49(46,47)27-14-15-29(32(23-27)42(44)45)37-38-34(48)36-30-22-25-10-5-4-9-24(25)21-26-11-6-7-12-28(26)30/h4-15,17,23,30,37H,16,18-22H2,1-3H3,(H,35,43)(H2,36,38,48). The minimum atomic E-state index is -4.36. The molecular weight excluding hydrogens is 665 g/mol. The summed E-state index contributed by atoms with van der Waals surface area (Å²) in [6.07, 6.45) is 2.73. The van der Waals surface area contributed by atoms with Crippen molar-refractivity contribution in [2.24, 2.45) is 0 Å². The summed E-state index contributed by atoms with van der Waals surface area (Å²) >= 11 is 5.56. The molecule has 258 valence electrons. The average Bonchev–Trinajstić information content (AvgIpc) is 3.53. The Hall–Kier alpha value is -4.83. The van der Waals surface area contributed by atoms with Crippen LogP contribution in [0.3, 0.4) is 0 Å². The van der Waals surface area contributed by atoms with E-state index in [0.29, 0.717) is 19.5 Å². The van der Waals surface area contributed by atoms with Gasteiger partial charge in [0.2, 0.25) is 0 Å². The zero-order valence-corrected chi connectivity index (χ0v) is 29.2. The van der Waals surface area contributed by atoms with Crippen LogP contribution in [0.1, 0.15) is 38.8 Å². The van der Waals surface area contributed by atoms with Gasteiger partial charge in [-0.1, -0.05) is 48.5 Å². The monoisotopic (exact) mass is 704 g/mol. The van der Waals surface area contributed by atoms with E-state index in [9.17, 15) is 23.3 Å². The third-order valence-corrected chi connectivity index (χ3v) is 10.3. The summed E-state index contributed by atoms with van der Waals surface area (Å²) in [7, 11) is 1.53. The summed E-state index contributed by atoms with van der Waals surface area (Å²) in [4.78, 5) is 28.1. The number of hydrazine groups is 1. The van der Waals surface area contributed by atoms with Gasteiger partial charge in [-0.3, -0.25) is 25.8 Å². The molecule has 1 amide bonds. The normalized spacial score (nSPS) is 14.0. The van der Waals surface area contributed by atoms with Crippen LogP contribution in [0.5, 0.6) is 0 Å². The Balaban J connectivity index is 1.26. The summed E-state index contributed by atoms with van der Waals surface area (Å²) in [6.45, 7) is 2.54. The maximum absolute atomic E-state index is 13.6. The molecule has 1 heterocycles. The number of fused-ring (bicyclic) bond motifs is 2. The van der Waals surface area contributed by atoms with Crippen molar-refractivity contribution in [2.75, 3.05) is 52.7 Å². The van der Waals surface area contributed by atoms with Crippen LogP contribution in [0.25, 0.3) is 0 Å². The molecule has 1 aliphatic carbocycles. The van der Waals surface area contributed by atoms with Crippen LogP contribution < -0.4 is 21.5 Å². The second-order valence-corrected chi connectivity index (χ2v) is 14.3. The van der Waals surface area contributed by atoms with E-state index >= 15 is 0 Å². The summed E-state index contributed by atoms with van der Waals surface area (Å²) in [5, 5.41) is 18.4. The van der Waals surface area contributed by atoms with Gasteiger partial charge in [0.15, 0.2) is 5.11 Å². The fraction of sp³-hybridized carbons (Fsp3) is 0.294. The van der Waals surface area contributed by atoms with E-state index in [0.717, 1.165) is 35.1 Å². The number of rotatable bonds is 13. The predicted octanol–water partition coefficient (Wildman–Crippen LogP) is 3.54. The molecule has 0 saturated carbocycles. The number of carbonyl (C=O) groups is 1. The lowest BCUT2D eigenvalue weighted by atomic mass is 9.98. The van der Waals surface area contributed by atoms with Gasteiger partial charge in [0.25, 0.3) is 21.6 Å². The lowest BCUT2D eigenvalue weighted by Gasteiger charge is -2.22. The summed E-state index contributed by atoms with van der Waals surface area (Å²) in [5.41, 5.74) is 9.71. The number of nitrogens with zero attached hydrogens (tertiary/aromatic N) is 4. The van der Waals surface area contributed by atoms with Crippen LogP contribution in [-0.2, 0) is 22.9 Å². The highest BCUT2D eigenvalue weighted by Crippen LogP contribution is 2.31.